The Hall–Kier alpha value is -2.00. The summed E-state index contributed by atoms with van der Waals surface area (Å²) in [4.78, 5) is 26.3. The van der Waals surface area contributed by atoms with Gasteiger partial charge in [-0.1, -0.05) is 0 Å². The van der Waals surface area contributed by atoms with Crippen LogP contribution in [0.5, 0.6) is 0 Å². The van der Waals surface area contributed by atoms with Crippen molar-refractivity contribution in [1.29, 1.82) is 0 Å². The molecule has 0 saturated carbocycles. The van der Waals surface area contributed by atoms with E-state index in [1.165, 1.54) is 19.2 Å². The van der Waals surface area contributed by atoms with Gasteiger partial charge >= 0.3 is 0 Å². The van der Waals surface area contributed by atoms with E-state index in [0.29, 0.717) is 0 Å². The molecule has 1 aromatic heterocycles. The topological polar surface area (TPSA) is 122 Å². The Bertz CT molecular complexity index is 643. The number of nitrogens with two attached hydrogens (primary N) is 1. The first kappa shape index (κ1) is 13.4. The molecule has 1 fully saturated rings. The van der Waals surface area contributed by atoms with Crippen LogP contribution in [0.25, 0.3) is 0 Å². The Morgan fingerprint density at radius 3 is 2.79 bits per heavy atom. The number of nitrogens with one attached hydrogen (secondary N) is 1. The first-order valence-electron chi connectivity index (χ1n) is 5.39. The monoisotopic (exact) mass is 284 g/mol. The Balaban J connectivity index is 2.47. The number of rotatable bonds is 2. The summed E-state index contributed by atoms with van der Waals surface area (Å²) in [5.41, 5.74) is 5.61. The molecule has 1 saturated heterocycles. The van der Waals surface area contributed by atoms with Crippen molar-refractivity contribution in [3.63, 3.8) is 0 Å². The number of anilines is 1. The van der Waals surface area contributed by atoms with Gasteiger partial charge in [-0.15, -0.1) is 0 Å². The minimum Gasteiger partial charge on any atom is -0.398 e. The Kier molecular flexibility index (Phi) is 3.25. The van der Waals surface area contributed by atoms with Crippen LogP contribution in [-0.4, -0.2) is 42.1 Å². The van der Waals surface area contributed by atoms with Crippen LogP contribution in [0.15, 0.2) is 23.4 Å². The maximum Gasteiger partial charge on any atom is 0.247 e. The number of carbonyl (C=O) groups is 2. The zero-order valence-corrected chi connectivity index (χ0v) is 10.8. The van der Waals surface area contributed by atoms with Gasteiger partial charge in [-0.2, -0.15) is 4.31 Å². The van der Waals surface area contributed by atoms with E-state index in [1.54, 1.807) is 0 Å². The molecule has 1 aliphatic heterocycles. The number of imide groups is 1. The average Bonchev–Trinajstić information content (AvgIpc) is 2.34. The molecule has 0 bridgehead atoms. The first-order chi connectivity index (χ1) is 8.84. The van der Waals surface area contributed by atoms with Crippen molar-refractivity contribution in [2.45, 2.75) is 17.9 Å². The number of nitrogen functional groups attached to an aromatic ring is 1. The van der Waals surface area contributed by atoms with Crippen LogP contribution < -0.4 is 11.1 Å². The summed E-state index contributed by atoms with van der Waals surface area (Å²) in [6.07, 6.45) is 2.44. The van der Waals surface area contributed by atoms with Gasteiger partial charge < -0.3 is 5.73 Å². The fourth-order valence-corrected chi connectivity index (χ4v) is 3.33. The summed E-state index contributed by atoms with van der Waals surface area (Å²) in [6, 6.07) is 0.353. The molecular formula is C10H12N4O4S. The molecule has 0 aromatic carbocycles. The van der Waals surface area contributed by atoms with Gasteiger partial charge in [0, 0.05) is 12.4 Å². The Labute approximate surface area is 109 Å². The van der Waals surface area contributed by atoms with Gasteiger partial charge in [-0.05, 0) is 13.0 Å². The van der Waals surface area contributed by atoms with E-state index < -0.39 is 34.4 Å². The first-order valence-corrected chi connectivity index (χ1v) is 6.83. The van der Waals surface area contributed by atoms with E-state index in [4.69, 9.17) is 5.73 Å². The third-order valence-electron chi connectivity index (χ3n) is 2.78. The highest BCUT2D eigenvalue weighted by molar-refractivity contribution is 7.89. The van der Waals surface area contributed by atoms with E-state index in [9.17, 15) is 18.0 Å². The predicted octanol–water partition coefficient (Wildman–Crippen LogP) is -1.30. The molecule has 8 nitrogen and oxygen atoms in total. The minimum atomic E-state index is -4.04. The highest BCUT2D eigenvalue weighted by atomic mass is 32.2. The largest absolute Gasteiger partial charge is 0.398 e. The number of hydrogen-bond acceptors (Lipinski definition) is 6. The molecule has 0 spiro atoms. The molecule has 102 valence electrons. The molecule has 19 heavy (non-hydrogen) atoms. The second-order valence-corrected chi connectivity index (χ2v) is 5.91. The van der Waals surface area contributed by atoms with Gasteiger partial charge in [-0.3, -0.25) is 19.9 Å². The lowest BCUT2D eigenvalue weighted by atomic mass is 10.2. The highest BCUT2D eigenvalue weighted by Gasteiger charge is 2.39. The van der Waals surface area contributed by atoms with Crippen molar-refractivity contribution in [2.75, 3.05) is 12.3 Å². The van der Waals surface area contributed by atoms with E-state index in [-0.39, 0.29) is 10.6 Å². The molecule has 2 heterocycles. The molecule has 1 aromatic rings. The summed E-state index contributed by atoms with van der Waals surface area (Å²) in [7, 11) is -4.04. The quantitative estimate of drug-likeness (QED) is 0.651. The molecular weight excluding hydrogens is 272 g/mol. The Morgan fingerprint density at radius 2 is 2.16 bits per heavy atom. The van der Waals surface area contributed by atoms with Crippen LogP contribution in [0.4, 0.5) is 5.69 Å². The predicted molar refractivity (Wildman–Crippen MR) is 65.2 cm³/mol. The molecule has 0 radical (unpaired) electrons. The summed E-state index contributed by atoms with van der Waals surface area (Å²) >= 11 is 0. The second-order valence-electron chi connectivity index (χ2n) is 4.05. The summed E-state index contributed by atoms with van der Waals surface area (Å²) in [5.74, 6) is -1.34. The van der Waals surface area contributed by atoms with Crippen LogP contribution >= 0.6 is 0 Å². The van der Waals surface area contributed by atoms with Gasteiger partial charge in [0.1, 0.15) is 10.9 Å². The number of sulfonamides is 1. The van der Waals surface area contributed by atoms with Crippen LogP contribution in [-0.2, 0) is 19.6 Å². The third-order valence-corrected chi connectivity index (χ3v) is 4.74. The number of hydrogen-bond donors (Lipinski definition) is 2. The number of piperazine rings is 1. The van der Waals surface area contributed by atoms with Gasteiger partial charge in [0.15, 0.2) is 0 Å². The molecule has 1 aliphatic rings. The average molecular weight is 284 g/mol. The lowest BCUT2D eigenvalue weighted by Gasteiger charge is -2.30. The standard InChI is InChI=1S/C10H12N4O4S/c1-6-10(16)13-9(15)5-14(6)19(17,18)8-4-12-3-2-7(8)11/h2-4,6H,5H2,1H3,(H2,11,12)(H,13,15,16). The van der Waals surface area contributed by atoms with E-state index >= 15 is 0 Å². The number of nitrogens with zero attached hydrogens (tertiary/aromatic N) is 2. The number of pyridine rings is 1. The van der Waals surface area contributed by atoms with Crippen molar-refractivity contribution in [2.24, 2.45) is 0 Å². The normalized spacial score (nSPS) is 21.2. The maximum atomic E-state index is 12.4. The lowest BCUT2D eigenvalue weighted by Crippen LogP contribution is -2.58. The van der Waals surface area contributed by atoms with Crippen molar-refractivity contribution >= 4 is 27.5 Å². The molecule has 0 aliphatic carbocycles. The van der Waals surface area contributed by atoms with E-state index in [0.717, 1.165) is 10.5 Å². The summed E-state index contributed by atoms with van der Waals surface area (Å²) in [5, 5.41) is 2.07. The summed E-state index contributed by atoms with van der Waals surface area (Å²) < 4.78 is 25.6. The maximum absolute atomic E-state index is 12.4. The SMILES string of the molecule is CC1C(=O)NC(=O)CN1S(=O)(=O)c1cnccc1N. The zero-order chi connectivity index (χ0) is 14.2. The van der Waals surface area contributed by atoms with Crippen molar-refractivity contribution in [3.8, 4) is 0 Å². The lowest BCUT2D eigenvalue weighted by molar-refractivity contribution is -0.136. The van der Waals surface area contributed by atoms with Crippen molar-refractivity contribution in [1.82, 2.24) is 14.6 Å². The van der Waals surface area contributed by atoms with Gasteiger partial charge in [0.2, 0.25) is 21.8 Å². The van der Waals surface area contributed by atoms with Crippen LogP contribution in [0.1, 0.15) is 6.92 Å². The van der Waals surface area contributed by atoms with E-state index in [2.05, 4.69) is 10.3 Å². The number of aromatic nitrogens is 1. The minimum absolute atomic E-state index is 0.0145. The molecule has 1 atom stereocenters. The van der Waals surface area contributed by atoms with Gasteiger partial charge in [0.25, 0.3) is 0 Å². The third kappa shape index (κ3) is 2.29. The zero-order valence-electron chi connectivity index (χ0n) is 10.0. The molecule has 1 unspecified atom stereocenters. The highest BCUT2D eigenvalue weighted by Crippen LogP contribution is 2.23. The number of amides is 2. The van der Waals surface area contributed by atoms with Gasteiger partial charge in [0.05, 0.1) is 12.2 Å². The molecule has 2 rings (SSSR count). The van der Waals surface area contributed by atoms with Crippen LogP contribution in [0.2, 0.25) is 0 Å². The molecule has 9 heteroatoms. The summed E-state index contributed by atoms with van der Waals surface area (Å²) in [6.45, 7) is 0.968. The smallest absolute Gasteiger partial charge is 0.247 e. The fraction of sp³-hybridized carbons (Fsp3) is 0.300. The fourth-order valence-electron chi connectivity index (χ4n) is 1.72. The van der Waals surface area contributed by atoms with Crippen molar-refractivity contribution in [3.05, 3.63) is 18.5 Å². The Morgan fingerprint density at radius 1 is 1.47 bits per heavy atom. The van der Waals surface area contributed by atoms with Crippen molar-refractivity contribution < 1.29 is 18.0 Å². The van der Waals surface area contributed by atoms with Crippen LogP contribution in [0.3, 0.4) is 0 Å². The molecule has 3 N–H and O–H groups in total. The second kappa shape index (κ2) is 4.59. The van der Waals surface area contributed by atoms with E-state index in [1.807, 2.05) is 0 Å². The van der Waals surface area contributed by atoms with Gasteiger partial charge in [-0.25, -0.2) is 8.42 Å². The number of carbonyl (C=O) groups excluding carboxylic acids is 2. The van der Waals surface area contributed by atoms with Crippen LogP contribution in [0, 0.1) is 0 Å². The molecule has 2 amide bonds.